The van der Waals surface area contributed by atoms with E-state index in [0.29, 0.717) is 0 Å². The Morgan fingerprint density at radius 3 is 2.40 bits per heavy atom. The molecule has 0 spiro atoms. The maximum absolute atomic E-state index is 11.2. The third kappa shape index (κ3) is 1.61. The quantitative estimate of drug-likeness (QED) is 0.543. The van der Waals surface area contributed by atoms with Crippen LogP contribution in [0.4, 0.5) is 0 Å². The molecular formula is C8H11O2. The zero-order valence-corrected chi connectivity index (χ0v) is 6.20. The summed E-state index contributed by atoms with van der Waals surface area (Å²) in [4.78, 5) is 0. The lowest BCUT2D eigenvalue weighted by atomic mass is 10.0. The molecule has 1 heterocycles. The molecule has 0 saturated carbocycles. The van der Waals surface area contributed by atoms with Crippen molar-refractivity contribution in [3.63, 3.8) is 0 Å². The summed E-state index contributed by atoms with van der Waals surface area (Å²) in [5, 5.41) is 11.2. The summed E-state index contributed by atoms with van der Waals surface area (Å²) in [6, 6.07) is 0. The fourth-order valence-corrected chi connectivity index (χ4v) is 0.781. The van der Waals surface area contributed by atoms with Crippen LogP contribution in [-0.2, 0) is 9.84 Å². The Bertz CT molecular complexity index is 163. The summed E-state index contributed by atoms with van der Waals surface area (Å²) in [7, 11) is 0. The van der Waals surface area contributed by atoms with Gasteiger partial charge in [0, 0.05) is 0 Å². The Balaban J connectivity index is 2.60. The van der Waals surface area contributed by atoms with Gasteiger partial charge in [-0.05, 0) is 26.0 Å². The van der Waals surface area contributed by atoms with Gasteiger partial charge in [0.15, 0.2) is 0 Å². The van der Waals surface area contributed by atoms with Crippen LogP contribution in [0.15, 0.2) is 24.5 Å². The van der Waals surface area contributed by atoms with Gasteiger partial charge in [-0.15, -0.1) is 0 Å². The van der Waals surface area contributed by atoms with Crippen molar-refractivity contribution in [1.29, 1.82) is 0 Å². The largest absolute Gasteiger partial charge is 0.491 e. The van der Waals surface area contributed by atoms with E-state index in [-0.39, 0.29) is 6.10 Å². The van der Waals surface area contributed by atoms with Gasteiger partial charge < -0.3 is 4.74 Å². The standard InChI is InChI=1S/C8H11O2/c1-8(2,9)7-5-3-4-6-10-7/h3-7H,1-2H3. The van der Waals surface area contributed by atoms with E-state index in [1.165, 1.54) is 0 Å². The third-order valence-electron chi connectivity index (χ3n) is 1.39. The van der Waals surface area contributed by atoms with Crippen molar-refractivity contribution in [2.45, 2.75) is 25.6 Å². The lowest BCUT2D eigenvalue weighted by Gasteiger charge is -2.24. The van der Waals surface area contributed by atoms with Crippen LogP contribution in [0.25, 0.3) is 0 Å². The Hall–Kier alpha value is -0.760. The van der Waals surface area contributed by atoms with E-state index in [9.17, 15) is 5.11 Å². The number of hydrogen-bond donors (Lipinski definition) is 0. The fraction of sp³-hybridized carbons (Fsp3) is 0.500. The molecule has 1 atom stereocenters. The molecule has 1 aliphatic rings. The molecule has 0 aromatic rings. The van der Waals surface area contributed by atoms with E-state index in [1.54, 1.807) is 32.3 Å². The molecule has 0 aromatic carbocycles. The van der Waals surface area contributed by atoms with E-state index in [2.05, 4.69) is 0 Å². The highest BCUT2D eigenvalue weighted by Crippen LogP contribution is 2.17. The topological polar surface area (TPSA) is 29.1 Å². The third-order valence-corrected chi connectivity index (χ3v) is 1.39. The van der Waals surface area contributed by atoms with Gasteiger partial charge in [0.2, 0.25) is 0 Å². The van der Waals surface area contributed by atoms with Gasteiger partial charge >= 0.3 is 0 Å². The van der Waals surface area contributed by atoms with Crippen molar-refractivity contribution >= 4 is 0 Å². The monoisotopic (exact) mass is 139 g/mol. The van der Waals surface area contributed by atoms with Crippen LogP contribution in [0.5, 0.6) is 0 Å². The van der Waals surface area contributed by atoms with E-state index < -0.39 is 5.60 Å². The zero-order valence-electron chi connectivity index (χ0n) is 6.20. The van der Waals surface area contributed by atoms with Crippen molar-refractivity contribution in [3.8, 4) is 0 Å². The summed E-state index contributed by atoms with van der Waals surface area (Å²) in [5.41, 5.74) is -1.04. The van der Waals surface area contributed by atoms with Crippen LogP contribution in [0.2, 0.25) is 0 Å². The number of hydrogen-bond acceptors (Lipinski definition) is 1. The predicted molar refractivity (Wildman–Crippen MR) is 37.9 cm³/mol. The Kier molecular flexibility index (Phi) is 1.81. The number of allylic oxidation sites excluding steroid dienone is 2. The van der Waals surface area contributed by atoms with Gasteiger partial charge in [-0.2, -0.15) is 0 Å². The van der Waals surface area contributed by atoms with Crippen LogP contribution < -0.4 is 0 Å². The molecule has 10 heavy (non-hydrogen) atoms. The lowest BCUT2D eigenvalue weighted by molar-refractivity contribution is -0.0787. The highest BCUT2D eigenvalue weighted by molar-refractivity contribution is 5.10. The van der Waals surface area contributed by atoms with E-state index in [1.807, 2.05) is 6.08 Å². The van der Waals surface area contributed by atoms with Crippen LogP contribution in [0.1, 0.15) is 13.8 Å². The molecule has 0 amide bonds. The average Bonchev–Trinajstić information content (AvgIpc) is 1.88. The molecule has 0 N–H and O–H groups in total. The van der Waals surface area contributed by atoms with Crippen LogP contribution in [0, 0.1) is 0 Å². The second kappa shape index (κ2) is 2.46. The summed E-state index contributed by atoms with van der Waals surface area (Å²) in [6.07, 6.45) is 6.59. The van der Waals surface area contributed by atoms with Crippen molar-refractivity contribution < 1.29 is 9.84 Å². The molecule has 0 fully saturated rings. The Morgan fingerprint density at radius 1 is 1.40 bits per heavy atom. The fourth-order valence-electron chi connectivity index (χ4n) is 0.781. The molecule has 55 valence electrons. The van der Waals surface area contributed by atoms with E-state index in [0.717, 1.165) is 0 Å². The first kappa shape index (κ1) is 7.35. The Morgan fingerprint density at radius 2 is 2.10 bits per heavy atom. The van der Waals surface area contributed by atoms with Crippen LogP contribution in [0.3, 0.4) is 0 Å². The number of ether oxygens (including phenoxy) is 1. The van der Waals surface area contributed by atoms with Crippen molar-refractivity contribution in [2.24, 2.45) is 0 Å². The van der Waals surface area contributed by atoms with Gasteiger partial charge in [-0.1, -0.05) is 6.08 Å². The molecule has 2 heteroatoms. The van der Waals surface area contributed by atoms with Crippen molar-refractivity contribution in [1.82, 2.24) is 0 Å². The molecule has 1 radical (unpaired) electrons. The maximum Gasteiger partial charge on any atom is 0.148 e. The zero-order chi connectivity index (χ0) is 7.61. The first-order valence-corrected chi connectivity index (χ1v) is 3.30. The van der Waals surface area contributed by atoms with Crippen LogP contribution >= 0.6 is 0 Å². The molecule has 1 rings (SSSR count). The minimum absolute atomic E-state index is 0.322. The molecule has 0 bridgehead atoms. The van der Waals surface area contributed by atoms with E-state index >= 15 is 0 Å². The molecule has 0 saturated heterocycles. The summed E-state index contributed by atoms with van der Waals surface area (Å²) < 4.78 is 5.06. The van der Waals surface area contributed by atoms with E-state index in [4.69, 9.17) is 4.74 Å². The molecule has 0 aliphatic carbocycles. The van der Waals surface area contributed by atoms with Crippen molar-refractivity contribution in [3.05, 3.63) is 24.5 Å². The summed E-state index contributed by atoms with van der Waals surface area (Å²) in [5.74, 6) is 0. The van der Waals surface area contributed by atoms with Gasteiger partial charge in [-0.3, -0.25) is 0 Å². The molecular weight excluding hydrogens is 128 g/mol. The summed E-state index contributed by atoms with van der Waals surface area (Å²) >= 11 is 0. The first-order valence-electron chi connectivity index (χ1n) is 3.30. The molecule has 0 aromatic heterocycles. The Labute approximate surface area is 60.8 Å². The molecule has 1 unspecified atom stereocenters. The first-order chi connectivity index (χ1) is 4.61. The highest BCUT2D eigenvalue weighted by Gasteiger charge is 2.28. The molecule has 2 nitrogen and oxygen atoms in total. The molecule has 1 aliphatic heterocycles. The van der Waals surface area contributed by atoms with Gasteiger partial charge in [0.25, 0.3) is 0 Å². The van der Waals surface area contributed by atoms with Crippen molar-refractivity contribution in [2.75, 3.05) is 0 Å². The van der Waals surface area contributed by atoms with Gasteiger partial charge in [0.1, 0.15) is 11.7 Å². The second-order valence-corrected chi connectivity index (χ2v) is 2.87. The normalized spacial score (nSPS) is 24.5. The second-order valence-electron chi connectivity index (χ2n) is 2.87. The smallest absolute Gasteiger partial charge is 0.148 e. The number of rotatable bonds is 1. The highest BCUT2D eigenvalue weighted by atomic mass is 16.5. The van der Waals surface area contributed by atoms with Gasteiger partial charge in [-0.25, -0.2) is 5.11 Å². The van der Waals surface area contributed by atoms with Gasteiger partial charge in [0.05, 0.1) is 6.26 Å². The minimum atomic E-state index is -1.04. The minimum Gasteiger partial charge on any atom is -0.491 e. The predicted octanol–water partition coefficient (Wildman–Crippen LogP) is 1.66. The SMILES string of the molecule is CC(C)([O])C1C=CC=CO1. The summed E-state index contributed by atoms with van der Waals surface area (Å²) in [6.45, 7) is 3.22. The van der Waals surface area contributed by atoms with Crippen LogP contribution in [-0.4, -0.2) is 11.7 Å². The maximum atomic E-state index is 11.2. The average molecular weight is 139 g/mol. The lowest BCUT2D eigenvalue weighted by Crippen LogP contribution is -2.34.